The zero-order valence-electron chi connectivity index (χ0n) is 14.5. The lowest BCUT2D eigenvalue weighted by Gasteiger charge is -2.40. The van der Waals surface area contributed by atoms with E-state index in [1.54, 1.807) is 0 Å². The molecule has 0 amide bonds. The number of rotatable bonds is 3. The Balaban J connectivity index is 2.07. The van der Waals surface area contributed by atoms with Crippen LogP contribution in [0.5, 0.6) is 0 Å². The van der Waals surface area contributed by atoms with E-state index in [4.69, 9.17) is 4.74 Å². The molecule has 2 aliphatic rings. The van der Waals surface area contributed by atoms with Crippen molar-refractivity contribution in [3.8, 4) is 0 Å². The van der Waals surface area contributed by atoms with Crippen molar-refractivity contribution in [3.63, 3.8) is 0 Å². The maximum Gasteiger partial charge on any atom is 0.0790 e. The summed E-state index contributed by atoms with van der Waals surface area (Å²) in [5.41, 5.74) is -0.138. The number of likely N-dealkylation sites (N-methyl/N-ethyl adjacent to an activating group) is 1. The molecule has 0 bridgehead atoms. The van der Waals surface area contributed by atoms with Crippen molar-refractivity contribution in [1.29, 1.82) is 0 Å². The Morgan fingerprint density at radius 3 is 2.30 bits per heavy atom. The minimum Gasteiger partial charge on any atom is -0.368 e. The summed E-state index contributed by atoms with van der Waals surface area (Å²) < 4.78 is 6.35. The topological polar surface area (TPSA) is 24.5 Å². The van der Waals surface area contributed by atoms with E-state index in [2.05, 4.69) is 58.8 Å². The largest absolute Gasteiger partial charge is 0.368 e. The first-order valence-corrected chi connectivity index (χ1v) is 8.27. The summed E-state index contributed by atoms with van der Waals surface area (Å²) in [4.78, 5) is 2.66. The number of hydrogen-bond acceptors (Lipinski definition) is 3. The van der Waals surface area contributed by atoms with Gasteiger partial charge in [0.15, 0.2) is 0 Å². The van der Waals surface area contributed by atoms with Crippen LogP contribution in [0, 0.1) is 17.8 Å². The van der Waals surface area contributed by atoms with E-state index in [1.807, 2.05) is 0 Å². The molecule has 20 heavy (non-hydrogen) atoms. The van der Waals surface area contributed by atoms with Crippen molar-refractivity contribution in [1.82, 2.24) is 10.2 Å². The molecule has 0 radical (unpaired) electrons. The van der Waals surface area contributed by atoms with E-state index in [9.17, 15) is 0 Å². The van der Waals surface area contributed by atoms with Gasteiger partial charge in [-0.1, -0.05) is 13.8 Å². The van der Waals surface area contributed by atoms with Gasteiger partial charge in [0.05, 0.1) is 11.2 Å². The summed E-state index contributed by atoms with van der Waals surface area (Å²) in [6.45, 7) is 17.4. The van der Waals surface area contributed by atoms with Gasteiger partial charge in [0, 0.05) is 25.0 Å². The fraction of sp³-hybridized carbons (Fsp3) is 1.00. The quantitative estimate of drug-likeness (QED) is 0.861. The lowest BCUT2D eigenvalue weighted by atomic mass is 9.81. The van der Waals surface area contributed by atoms with Crippen LogP contribution in [0.25, 0.3) is 0 Å². The van der Waals surface area contributed by atoms with Crippen LogP contribution in [-0.2, 0) is 4.74 Å². The molecular formula is C17H34N2O. The molecule has 2 saturated heterocycles. The third-order valence-electron chi connectivity index (χ3n) is 5.75. The molecule has 0 aromatic carbocycles. The number of likely N-dealkylation sites (tertiary alicyclic amines) is 1. The van der Waals surface area contributed by atoms with E-state index in [-0.39, 0.29) is 11.2 Å². The molecule has 0 spiro atoms. The number of nitrogens with one attached hydrogen (secondary N) is 1. The third kappa shape index (κ3) is 3.05. The van der Waals surface area contributed by atoms with Crippen LogP contribution < -0.4 is 5.32 Å². The van der Waals surface area contributed by atoms with Gasteiger partial charge in [-0.15, -0.1) is 0 Å². The van der Waals surface area contributed by atoms with Crippen molar-refractivity contribution in [2.24, 2.45) is 17.8 Å². The Morgan fingerprint density at radius 1 is 1.10 bits per heavy atom. The van der Waals surface area contributed by atoms with Crippen molar-refractivity contribution in [3.05, 3.63) is 0 Å². The molecule has 4 unspecified atom stereocenters. The van der Waals surface area contributed by atoms with E-state index in [0.717, 1.165) is 18.4 Å². The monoisotopic (exact) mass is 282 g/mol. The molecule has 118 valence electrons. The van der Waals surface area contributed by atoms with E-state index < -0.39 is 0 Å². The smallest absolute Gasteiger partial charge is 0.0790 e. The number of piperidine rings is 1. The van der Waals surface area contributed by atoms with Gasteiger partial charge in [-0.3, -0.25) is 0 Å². The van der Waals surface area contributed by atoms with Crippen molar-refractivity contribution in [2.45, 2.75) is 65.2 Å². The highest BCUT2D eigenvalue weighted by molar-refractivity contribution is 5.06. The molecule has 3 heteroatoms. The lowest BCUT2D eigenvalue weighted by molar-refractivity contribution is -0.0802. The first-order chi connectivity index (χ1) is 9.17. The van der Waals surface area contributed by atoms with Crippen molar-refractivity contribution in [2.75, 3.05) is 26.7 Å². The number of ether oxygens (including phenoxy) is 1. The molecule has 0 aliphatic carbocycles. The molecular weight excluding hydrogens is 248 g/mol. The predicted molar refractivity (Wildman–Crippen MR) is 85.0 cm³/mol. The summed E-state index contributed by atoms with van der Waals surface area (Å²) in [5.74, 6) is 2.23. The first-order valence-electron chi connectivity index (χ1n) is 8.27. The fourth-order valence-electron chi connectivity index (χ4n) is 4.37. The van der Waals surface area contributed by atoms with Gasteiger partial charge in [0.1, 0.15) is 0 Å². The van der Waals surface area contributed by atoms with Crippen LogP contribution in [0.2, 0.25) is 0 Å². The van der Waals surface area contributed by atoms with Crippen LogP contribution in [0.1, 0.15) is 48.0 Å². The summed E-state index contributed by atoms with van der Waals surface area (Å²) in [7, 11) is 2.07. The molecule has 1 N–H and O–H groups in total. The molecule has 2 rings (SSSR count). The zero-order chi connectivity index (χ0) is 15.1. The average Bonchev–Trinajstić information content (AvgIpc) is 2.48. The summed E-state index contributed by atoms with van der Waals surface area (Å²) in [6, 6.07) is 0.423. The lowest BCUT2D eigenvalue weighted by Crippen LogP contribution is -2.51. The second-order valence-electron chi connectivity index (χ2n) is 8.18. The number of hydrogen-bond donors (Lipinski definition) is 1. The minimum atomic E-state index is -0.0857. The van der Waals surface area contributed by atoms with E-state index in [0.29, 0.717) is 12.0 Å². The van der Waals surface area contributed by atoms with Gasteiger partial charge >= 0.3 is 0 Å². The Labute approximate surface area is 125 Å². The van der Waals surface area contributed by atoms with Crippen LogP contribution >= 0.6 is 0 Å². The maximum atomic E-state index is 6.35. The second-order valence-corrected chi connectivity index (χ2v) is 8.18. The third-order valence-corrected chi connectivity index (χ3v) is 5.75. The highest BCUT2D eigenvalue weighted by Crippen LogP contribution is 2.42. The van der Waals surface area contributed by atoms with Crippen LogP contribution in [-0.4, -0.2) is 48.8 Å². The van der Waals surface area contributed by atoms with Crippen molar-refractivity contribution < 1.29 is 4.74 Å². The van der Waals surface area contributed by atoms with Gasteiger partial charge in [0.2, 0.25) is 0 Å². The van der Waals surface area contributed by atoms with E-state index >= 15 is 0 Å². The molecule has 2 heterocycles. The van der Waals surface area contributed by atoms with Gasteiger partial charge in [0.25, 0.3) is 0 Å². The molecule has 0 saturated carbocycles. The van der Waals surface area contributed by atoms with Gasteiger partial charge < -0.3 is 15.0 Å². The average molecular weight is 282 g/mol. The van der Waals surface area contributed by atoms with Crippen molar-refractivity contribution >= 4 is 0 Å². The molecule has 2 fully saturated rings. The zero-order valence-corrected chi connectivity index (χ0v) is 14.5. The van der Waals surface area contributed by atoms with Crippen LogP contribution in [0.3, 0.4) is 0 Å². The molecule has 4 atom stereocenters. The second kappa shape index (κ2) is 5.58. The van der Waals surface area contributed by atoms with Gasteiger partial charge in [-0.05, 0) is 59.5 Å². The van der Waals surface area contributed by atoms with Crippen LogP contribution in [0.4, 0.5) is 0 Å². The standard InChI is InChI=1S/C17H34N2O/c1-12-8-9-19(10-13(12)2)11-14-15(18-7)17(5,6)20-16(14,3)4/h12-15,18H,8-11H2,1-7H3. The maximum absolute atomic E-state index is 6.35. The predicted octanol–water partition coefficient (Wildman–Crippen LogP) is 2.76. The number of nitrogens with zero attached hydrogens (tertiary/aromatic N) is 1. The molecule has 0 aromatic heterocycles. The summed E-state index contributed by atoms with van der Waals surface area (Å²) in [6.07, 6.45) is 1.34. The van der Waals surface area contributed by atoms with Gasteiger partial charge in [-0.2, -0.15) is 0 Å². The highest BCUT2D eigenvalue weighted by atomic mass is 16.5. The minimum absolute atomic E-state index is 0.0521. The first kappa shape index (κ1) is 16.3. The Morgan fingerprint density at radius 2 is 1.75 bits per heavy atom. The summed E-state index contributed by atoms with van der Waals surface area (Å²) in [5, 5.41) is 3.52. The molecule has 0 aromatic rings. The molecule has 3 nitrogen and oxygen atoms in total. The summed E-state index contributed by atoms with van der Waals surface area (Å²) >= 11 is 0. The fourth-order valence-corrected chi connectivity index (χ4v) is 4.37. The van der Waals surface area contributed by atoms with Gasteiger partial charge in [-0.25, -0.2) is 0 Å². The Bertz CT molecular complexity index is 340. The highest BCUT2D eigenvalue weighted by Gasteiger charge is 2.53. The normalized spacial score (nSPS) is 41.0. The van der Waals surface area contributed by atoms with Crippen LogP contribution in [0.15, 0.2) is 0 Å². The van der Waals surface area contributed by atoms with E-state index in [1.165, 1.54) is 19.5 Å². The Kier molecular flexibility index (Phi) is 4.54. The SMILES string of the molecule is CNC1C(CN2CCC(C)C(C)C2)C(C)(C)OC1(C)C. The molecule has 2 aliphatic heterocycles. The Hall–Kier alpha value is -0.120.